The van der Waals surface area contributed by atoms with Crippen molar-refractivity contribution >= 4 is 16.9 Å². The second kappa shape index (κ2) is 8.83. The highest BCUT2D eigenvalue weighted by Gasteiger charge is 2.33. The Hall–Kier alpha value is -3.84. The van der Waals surface area contributed by atoms with Crippen LogP contribution in [0.2, 0.25) is 0 Å². The Balaban J connectivity index is 2.16. The van der Waals surface area contributed by atoms with Crippen LogP contribution in [0.15, 0.2) is 60.7 Å². The molecule has 0 saturated carbocycles. The quantitative estimate of drug-likeness (QED) is 0.364. The van der Waals surface area contributed by atoms with E-state index < -0.39 is 17.2 Å². The number of aromatic nitrogens is 1. The summed E-state index contributed by atoms with van der Waals surface area (Å²) in [6.07, 6.45) is 0. The summed E-state index contributed by atoms with van der Waals surface area (Å²) in [5.41, 5.74) is 3.29. The summed E-state index contributed by atoms with van der Waals surface area (Å²) in [6, 6.07) is 16.4. The third-order valence-electron chi connectivity index (χ3n) is 5.93. The van der Waals surface area contributed by atoms with Crippen LogP contribution in [-0.4, -0.2) is 41.6 Å². The van der Waals surface area contributed by atoms with Gasteiger partial charge >= 0.3 is 5.97 Å². The normalized spacial score (nSPS) is 11.7. The number of ether oxygens (including phenoxy) is 2. The van der Waals surface area contributed by atoms with E-state index in [-0.39, 0.29) is 17.1 Å². The van der Waals surface area contributed by atoms with Crippen LogP contribution < -0.4 is 4.74 Å². The predicted molar refractivity (Wildman–Crippen MR) is 129 cm³/mol. The molecular formula is C27H26FNO5. The first kappa shape index (κ1) is 23.3. The van der Waals surface area contributed by atoms with Crippen LogP contribution >= 0.6 is 0 Å². The maximum atomic E-state index is 14.2. The van der Waals surface area contributed by atoms with Crippen molar-refractivity contribution in [3.8, 4) is 28.3 Å². The largest absolute Gasteiger partial charge is 0.507 e. The summed E-state index contributed by atoms with van der Waals surface area (Å²) in [5, 5.41) is 20.9. The van der Waals surface area contributed by atoms with Crippen LogP contribution in [0, 0.1) is 5.82 Å². The number of fused-ring (bicyclic) bond motifs is 1. The van der Waals surface area contributed by atoms with Gasteiger partial charge in [0.05, 0.1) is 24.8 Å². The van der Waals surface area contributed by atoms with Crippen molar-refractivity contribution in [2.45, 2.75) is 19.3 Å². The third-order valence-corrected chi connectivity index (χ3v) is 5.93. The Morgan fingerprint density at radius 2 is 1.76 bits per heavy atom. The lowest BCUT2D eigenvalue weighted by atomic mass is 9.84. The molecule has 2 N–H and O–H groups in total. The highest BCUT2D eigenvalue weighted by Crippen LogP contribution is 2.46. The van der Waals surface area contributed by atoms with Crippen LogP contribution in [0.3, 0.4) is 0 Å². The lowest BCUT2D eigenvalue weighted by Gasteiger charge is -2.28. The van der Waals surface area contributed by atoms with Crippen molar-refractivity contribution in [3.05, 3.63) is 77.7 Å². The monoisotopic (exact) mass is 463 g/mol. The minimum Gasteiger partial charge on any atom is -0.507 e. The van der Waals surface area contributed by atoms with Gasteiger partial charge in [-0.25, -0.2) is 9.18 Å². The van der Waals surface area contributed by atoms with Crippen LogP contribution in [0.25, 0.3) is 27.7 Å². The zero-order chi connectivity index (χ0) is 24.6. The number of carboxylic acid groups (broad SMARTS) is 1. The first-order valence-corrected chi connectivity index (χ1v) is 10.7. The molecule has 0 unspecified atom stereocenters. The molecule has 3 aromatic carbocycles. The number of aromatic hydroxyl groups is 1. The predicted octanol–water partition coefficient (Wildman–Crippen LogP) is 5.77. The summed E-state index contributed by atoms with van der Waals surface area (Å²) < 4.78 is 27.0. The molecule has 6 nitrogen and oxygen atoms in total. The number of carbonyl (C=O) groups is 1. The van der Waals surface area contributed by atoms with Crippen LogP contribution in [0.4, 0.5) is 4.39 Å². The molecule has 0 radical (unpaired) electrons. The van der Waals surface area contributed by atoms with E-state index in [1.54, 1.807) is 43.5 Å². The van der Waals surface area contributed by atoms with Gasteiger partial charge in [-0.15, -0.1) is 0 Å². The van der Waals surface area contributed by atoms with E-state index in [2.05, 4.69) is 0 Å². The van der Waals surface area contributed by atoms with Gasteiger partial charge in [-0.05, 0) is 42.0 Å². The van der Waals surface area contributed by atoms with Crippen LogP contribution in [0.5, 0.6) is 11.5 Å². The Morgan fingerprint density at radius 1 is 1.06 bits per heavy atom. The molecule has 0 saturated heterocycles. The van der Waals surface area contributed by atoms with Gasteiger partial charge in [-0.2, -0.15) is 0 Å². The van der Waals surface area contributed by atoms with Gasteiger partial charge in [0.2, 0.25) is 0 Å². The summed E-state index contributed by atoms with van der Waals surface area (Å²) in [6.45, 7) is 4.41. The molecule has 0 atom stereocenters. The number of halogens is 1. The zero-order valence-electron chi connectivity index (χ0n) is 19.4. The molecule has 34 heavy (non-hydrogen) atoms. The molecule has 176 valence electrons. The lowest BCUT2D eigenvalue weighted by Crippen LogP contribution is -2.27. The number of aromatic carboxylic acids is 1. The smallest absolute Gasteiger partial charge is 0.335 e. The number of hydrogen-bond acceptors (Lipinski definition) is 4. The van der Waals surface area contributed by atoms with Gasteiger partial charge in [0, 0.05) is 40.9 Å². The summed E-state index contributed by atoms with van der Waals surface area (Å²) in [4.78, 5) is 11.4. The van der Waals surface area contributed by atoms with E-state index >= 15 is 0 Å². The number of rotatable bonds is 7. The Bertz CT molecular complexity index is 1370. The highest BCUT2D eigenvalue weighted by atomic mass is 19.1. The fourth-order valence-corrected chi connectivity index (χ4v) is 4.51. The molecule has 4 rings (SSSR count). The molecular weight excluding hydrogens is 437 g/mol. The molecule has 7 heteroatoms. The Kier molecular flexibility index (Phi) is 6.06. The summed E-state index contributed by atoms with van der Waals surface area (Å²) in [5.74, 6) is -1.32. The van der Waals surface area contributed by atoms with Gasteiger partial charge in [-0.1, -0.05) is 32.0 Å². The Morgan fingerprint density at radius 3 is 2.38 bits per heavy atom. The van der Waals surface area contributed by atoms with Gasteiger partial charge in [0.15, 0.2) is 11.6 Å². The standard InChI is InChI=1S/C27H26FNO5/c1-27(2,15-33-3)25-23(16-8-10-17(11-9-16)26(31)32)24-20(6-5-7-21(24)30)29(25)18-12-13-19(28)22(14-18)34-4/h5-14,30H,15H2,1-4H3,(H,31,32). The van der Waals surface area contributed by atoms with E-state index in [9.17, 15) is 19.4 Å². The van der Waals surface area contributed by atoms with E-state index in [1.165, 1.54) is 25.3 Å². The van der Waals surface area contributed by atoms with Crippen molar-refractivity contribution in [2.75, 3.05) is 20.8 Å². The molecule has 0 fully saturated rings. The fourth-order valence-electron chi connectivity index (χ4n) is 4.51. The number of phenols is 1. The number of phenolic OH excluding ortho intramolecular Hbond substituents is 1. The average molecular weight is 464 g/mol. The zero-order valence-corrected chi connectivity index (χ0v) is 19.4. The molecule has 0 aliphatic carbocycles. The Labute approximate surface area is 196 Å². The number of hydrogen-bond donors (Lipinski definition) is 2. The number of methoxy groups -OCH3 is 2. The topological polar surface area (TPSA) is 80.9 Å². The van der Waals surface area contributed by atoms with Crippen molar-refractivity contribution in [3.63, 3.8) is 0 Å². The van der Waals surface area contributed by atoms with Gasteiger partial charge in [0.1, 0.15) is 5.75 Å². The summed E-state index contributed by atoms with van der Waals surface area (Å²) in [7, 11) is 3.03. The second-order valence-corrected chi connectivity index (χ2v) is 8.75. The van der Waals surface area contributed by atoms with E-state index in [1.807, 2.05) is 24.5 Å². The lowest BCUT2D eigenvalue weighted by molar-refractivity contribution is 0.0697. The molecule has 0 aliphatic heterocycles. The molecule has 0 bridgehead atoms. The minimum absolute atomic E-state index is 0.0807. The molecule has 4 aromatic rings. The molecule has 0 amide bonds. The number of carboxylic acids is 1. The number of benzene rings is 3. The maximum Gasteiger partial charge on any atom is 0.335 e. The van der Waals surface area contributed by atoms with Crippen LogP contribution in [0.1, 0.15) is 29.9 Å². The van der Waals surface area contributed by atoms with Gasteiger partial charge in [0.25, 0.3) is 0 Å². The highest BCUT2D eigenvalue weighted by molar-refractivity contribution is 6.04. The van der Waals surface area contributed by atoms with E-state index in [0.29, 0.717) is 23.2 Å². The van der Waals surface area contributed by atoms with E-state index in [4.69, 9.17) is 9.47 Å². The maximum absolute atomic E-state index is 14.2. The fraction of sp³-hybridized carbons (Fsp3) is 0.222. The van der Waals surface area contributed by atoms with Crippen molar-refractivity contribution in [1.29, 1.82) is 0 Å². The van der Waals surface area contributed by atoms with Crippen molar-refractivity contribution < 1.29 is 28.9 Å². The average Bonchev–Trinajstić information content (AvgIpc) is 3.17. The first-order chi connectivity index (χ1) is 16.2. The molecule has 0 spiro atoms. The van der Waals surface area contributed by atoms with E-state index in [0.717, 1.165) is 16.8 Å². The van der Waals surface area contributed by atoms with Gasteiger partial charge in [-0.3, -0.25) is 0 Å². The van der Waals surface area contributed by atoms with Crippen LogP contribution in [-0.2, 0) is 10.2 Å². The molecule has 1 heterocycles. The first-order valence-electron chi connectivity index (χ1n) is 10.7. The second-order valence-electron chi connectivity index (χ2n) is 8.75. The summed E-state index contributed by atoms with van der Waals surface area (Å²) >= 11 is 0. The van der Waals surface area contributed by atoms with Gasteiger partial charge < -0.3 is 24.3 Å². The third kappa shape index (κ3) is 3.88. The minimum atomic E-state index is -1.02. The van der Waals surface area contributed by atoms with Crippen molar-refractivity contribution in [2.24, 2.45) is 0 Å². The van der Waals surface area contributed by atoms with Crippen molar-refractivity contribution in [1.82, 2.24) is 4.57 Å². The molecule has 1 aromatic heterocycles. The SMILES string of the molecule is COCC(C)(C)c1c(-c2ccc(C(=O)O)cc2)c2c(O)cccc2n1-c1ccc(F)c(OC)c1. The molecule has 0 aliphatic rings. The number of nitrogens with zero attached hydrogens (tertiary/aromatic N) is 1.